The van der Waals surface area contributed by atoms with Gasteiger partial charge >= 0.3 is 0 Å². The molecule has 0 bridgehead atoms. The number of benzene rings is 2. The van der Waals surface area contributed by atoms with Crippen molar-refractivity contribution in [3.05, 3.63) is 64.4 Å². The molecule has 0 saturated carbocycles. The van der Waals surface area contributed by atoms with Gasteiger partial charge in [0.15, 0.2) is 0 Å². The number of nitrogens with one attached hydrogen (secondary N) is 1. The van der Waals surface area contributed by atoms with Gasteiger partial charge in [0.25, 0.3) is 5.91 Å². The Balaban J connectivity index is 0.00000261. The van der Waals surface area contributed by atoms with Gasteiger partial charge in [0.05, 0.1) is 10.6 Å². The second kappa shape index (κ2) is 9.54. The lowest BCUT2D eigenvalue weighted by molar-refractivity contribution is 0.102. The van der Waals surface area contributed by atoms with Crippen molar-refractivity contribution in [2.24, 2.45) is 5.92 Å². The van der Waals surface area contributed by atoms with E-state index in [1.165, 1.54) is 30.5 Å². The maximum absolute atomic E-state index is 13.1. The van der Waals surface area contributed by atoms with Gasteiger partial charge in [0.1, 0.15) is 5.82 Å². The number of likely N-dealkylation sites (tertiary alicyclic amines) is 1. The Kier molecular flexibility index (Phi) is 7.66. The molecule has 2 aromatic rings. The summed E-state index contributed by atoms with van der Waals surface area (Å²) < 4.78 is 13.1. The van der Waals surface area contributed by atoms with E-state index in [4.69, 9.17) is 11.6 Å². The zero-order valence-corrected chi connectivity index (χ0v) is 17.1. The molecule has 1 aliphatic rings. The molecule has 2 atom stereocenters. The van der Waals surface area contributed by atoms with E-state index >= 15 is 0 Å². The van der Waals surface area contributed by atoms with E-state index in [1.807, 2.05) is 18.2 Å². The Morgan fingerprint density at radius 3 is 2.78 bits per heavy atom. The molecule has 3 rings (SSSR count). The lowest BCUT2D eigenvalue weighted by Crippen LogP contribution is -2.38. The standard InChI is InChI=1S/C21H24ClFN2O.ClH/c1-14-10-16(8-9-25(14)2)11-15-4-3-5-18(12-15)24-21(26)19-7-6-17(23)13-20(19)22;/h3-7,12-14,16H,8-11H2,1-2H3,(H,24,26);1H/t14-,16-;/m0./s1. The van der Waals surface area contributed by atoms with Gasteiger partial charge in [-0.2, -0.15) is 0 Å². The summed E-state index contributed by atoms with van der Waals surface area (Å²) in [6.07, 6.45) is 3.40. The lowest BCUT2D eigenvalue weighted by Gasteiger charge is -2.35. The smallest absolute Gasteiger partial charge is 0.257 e. The molecule has 1 amide bonds. The van der Waals surface area contributed by atoms with Crippen molar-refractivity contribution >= 4 is 35.6 Å². The number of nitrogens with zero attached hydrogens (tertiary/aromatic N) is 1. The Hall–Kier alpha value is -1.62. The second-order valence-electron chi connectivity index (χ2n) is 7.20. The van der Waals surface area contributed by atoms with Crippen molar-refractivity contribution in [2.45, 2.75) is 32.2 Å². The fraction of sp³-hybridized carbons (Fsp3) is 0.381. The first-order chi connectivity index (χ1) is 12.4. The van der Waals surface area contributed by atoms with E-state index in [1.54, 1.807) is 0 Å². The predicted molar refractivity (Wildman–Crippen MR) is 112 cm³/mol. The van der Waals surface area contributed by atoms with E-state index in [0.29, 0.717) is 12.0 Å². The largest absolute Gasteiger partial charge is 0.322 e. The van der Waals surface area contributed by atoms with Crippen LogP contribution in [-0.4, -0.2) is 30.4 Å². The number of halogens is 3. The van der Waals surface area contributed by atoms with Crippen LogP contribution in [0.1, 0.15) is 35.7 Å². The molecular formula is C21H25Cl2FN2O. The highest BCUT2D eigenvalue weighted by molar-refractivity contribution is 6.34. The first-order valence-electron chi connectivity index (χ1n) is 8.98. The van der Waals surface area contributed by atoms with Crippen molar-refractivity contribution in [1.29, 1.82) is 0 Å². The number of hydrogen-bond acceptors (Lipinski definition) is 2. The Morgan fingerprint density at radius 1 is 1.30 bits per heavy atom. The van der Waals surface area contributed by atoms with Crippen LogP contribution in [0, 0.1) is 11.7 Å². The average molecular weight is 411 g/mol. The Labute approximate surface area is 171 Å². The van der Waals surface area contributed by atoms with Gasteiger partial charge in [0, 0.05) is 11.7 Å². The number of hydrogen-bond donors (Lipinski definition) is 1. The predicted octanol–water partition coefficient (Wildman–Crippen LogP) is 5.43. The number of anilines is 1. The van der Waals surface area contributed by atoms with Crippen molar-refractivity contribution in [1.82, 2.24) is 4.90 Å². The maximum atomic E-state index is 13.1. The zero-order chi connectivity index (χ0) is 18.7. The third kappa shape index (κ3) is 5.68. The van der Waals surface area contributed by atoms with E-state index in [-0.39, 0.29) is 28.9 Å². The number of carbonyl (C=O) groups excluding carboxylic acids is 1. The average Bonchev–Trinajstić information content (AvgIpc) is 2.58. The summed E-state index contributed by atoms with van der Waals surface area (Å²) in [5, 5.41) is 2.97. The molecule has 1 saturated heterocycles. The molecule has 1 heterocycles. The van der Waals surface area contributed by atoms with Gasteiger partial charge < -0.3 is 10.2 Å². The molecule has 0 aromatic heterocycles. The minimum Gasteiger partial charge on any atom is -0.322 e. The van der Waals surface area contributed by atoms with Crippen LogP contribution in [0.15, 0.2) is 42.5 Å². The Morgan fingerprint density at radius 2 is 2.07 bits per heavy atom. The third-order valence-electron chi connectivity index (χ3n) is 5.20. The molecule has 2 aromatic carbocycles. The van der Waals surface area contributed by atoms with E-state index in [0.717, 1.165) is 24.7 Å². The topological polar surface area (TPSA) is 32.3 Å². The van der Waals surface area contributed by atoms with E-state index < -0.39 is 5.82 Å². The number of piperidine rings is 1. The monoisotopic (exact) mass is 410 g/mol. The van der Waals surface area contributed by atoms with Crippen molar-refractivity contribution in [3.63, 3.8) is 0 Å². The van der Waals surface area contributed by atoms with Gasteiger partial charge in [-0.1, -0.05) is 23.7 Å². The maximum Gasteiger partial charge on any atom is 0.257 e. The van der Waals surface area contributed by atoms with Crippen LogP contribution in [0.2, 0.25) is 5.02 Å². The molecule has 0 spiro atoms. The summed E-state index contributed by atoms with van der Waals surface area (Å²) in [4.78, 5) is 14.8. The van der Waals surface area contributed by atoms with Crippen LogP contribution < -0.4 is 5.32 Å². The molecule has 1 N–H and O–H groups in total. The first-order valence-corrected chi connectivity index (χ1v) is 9.35. The third-order valence-corrected chi connectivity index (χ3v) is 5.51. The molecule has 6 heteroatoms. The molecule has 0 aliphatic carbocycles. The summed E-state index contributed by atoms with van der Waals surface area (Å²) in [6, 6.07) is 12.3. The summed E-state index contributed by atoms with van der Waals surface area (Å²) in [5.74, 6) is -0.125. The highest BCUT2D eigenvalue weighted by Crippen LogP contribution is 2.26. The van der Waals surface area contributed by atoms with Gasteiger partial charge in [-0.05, 0) is 81.6 Å². The first kappa shape index (κ1) is 21.7. The minimum atomic E-state index is -0.457. The fourth-order valence-corrected chi connectivity index (χ4v) is 3.81. The van der Waals surface area contributed by atoms with Crippen LogP contribution in [0.3, 0.4) is 0 Å². The molecule has 1 aliphatic heterocycles. The van der Waals surface area contributed by atoms with Crippen molar-refractivity contribution in [3.8, 4) is 0 Å². The number of amides is 1. The minimum absolute atomic E-state index is 0. The zero-order valence-electron chi connectivity index (χ0n) is 15.5. The quantitative estimate of drug-likeness (QED) is 0.728. The van der Waals surface area contributed by atoms with Crippen LogP contribution >= 0.6 is 24.0 Å². The fourth-order valence-electron chi connectivity index (χ4n) is 3.55. The van der Waals surface area contributed by atoms with Gasteiger partial charge in [-0.3, -0.25) is 4.79 Å². The van der Waals surface area contributed by atoms with Crippen LogP contribution in [0.5, 0.6) is 0 Å². The van der Waals surface area contributed by atoms with Crippen molar-refractivity contribution < 1.29 is 9.18 Å². The van der Waals surface area contributed by atoms with Gasteiger partial charge in [-0.25, -0.2) is 4.39 Å². The summed E-state index contributed by atoms with van der Waals surface area (Å²) in [7, 11) is 2.18. The molecule has 27 heavy (non-hydrogen) atoms. The molecule has 3 nitrogen and oxygen atoms in total. The SMILES string of the molecule is C[C@H]1C[C@@H](Cc2cccc(NC(=O)c3ccc(F)cc3Cl)c2)CCN1C.Cl. The van der Waals surface area contributed by atoms with Crippen molar-refractivity contribution in [2.75, 3.05) is 18.9 Å². The molecular weight excluding hydrogens is 386 g/mol. The van der Waals surface area contributed by atoms with Crippen LogP contribution in [0.25, 0.3) is 0 Å². The molecule has 0 unspecified atom stereocenters. The molecule has 1 fully saturated rings. The summed E-state index contributed by atoms with van der Waals surface area (Å²) >= 11 is 5.97. The van der Waals surface area contributed by atoms with E-state index in [9.17, 15) is 9.18 Å². The molecule has 146 valence electrons. The number of carbonyl (C=O) groups is 1. The second-order valence-corrected chi connectivity index (χ2v) is 7.61. The summed E-state index contributed by atoms with van der Waals surface area (Å²) in [6.45, 7) is 3.40. The highest BCUT2D eigenvalue weighted by atomic mass is 35.5. The Bertz CT molecular complexity index is 800. The summed E-state index contributed by atoms with van der Waals surface area (Å²) in [5.41, 5.74) is 2.21. The van der Waals surface area contributed by atoms with E-state index in [2.05, 4.69) is 30.3 Å². The molecule has 0 radical (unpaired) electrons. The van der Waals surface area contributed by atoms with Gasteiger partial charge in [-0.15, -0.1) is 12.4 Å². The number of rotatable bonds is 4. The highest BCUT2D eigenvalue weighted by Gasteiger charge is 2.23. The van der Waals surface area contributed by atoms with Crippen LogP contribution in [0.4, 0.5) is 10.1 Å². The lowest BCUT2D eigenvalue weighted by atomic mass is 9.87. The van der Waals surface area contributed by atoms with Gasteiger partial charge in [0.2, 0.25) is 0 Å². The normalized spacial score (nSPS) is 20.0. The van der Waals surface area contributed by atoms with Crippen LogP contribution in [-0.2, 0) is 6.42 Å².